The molecule has 4 aliphatic heterocycles. The Balaban J connectivity index is 1.40. The number of benzene rings is 2. The van der Waals surface area contributed by atoms with Gasteiger partial charge in [0.05, 0.1) is 24.3 Å². The van der Waals surface area contributed by atoms with E-state index in [0.29, 0.717) is 55.0 Å². The minimum Gasteiger partial charge on any atom is -0.375 e. The monoisotopic (exact) mass is 607 g/mol. The summed E-state index contributed by atoms with van der Waals surface area (Å²) in [7, 11) is 0. The van der Waals surface area contributed by atoms with Crippen molar-refractivity contribution >= 4 is 34.4 Å². The van der Waals surface area contributed by atoms with Gasteiger partial charge in [0.25, 0.3) is 0 Å². The van der Waals surface area contributed by atoms with E-state index >= 15 is 4.39 Å². The summed E-state index contributed by atoms with van der Waals surface area (Å²) in [4.78, 5) is 38.5. The lowest BCUT2D eigenvalue weighted by atomic mass is 9.96. The molecule has 5 atom stereocenters. The highest BCUT2D eigenvalue weighted by Gasteiger charge is 2.41. The molecule has 1 aromatic heterocycles. The Morgan fingerprint density at radius 3 is 2.70 bits per heavy atom. The van der Waals surface area contributed by atoms with Crippen molar-refractivity contribution in [3.8, 4) is 11.1 Å². The Bertz CT molecular complexity index is 1710. The summed E-state index contributed by atoms with van der Waals surface area (Å²) < 4.78 is 36.8. The van der Waals surface area contributed by atoms with Crippen LogP contribution in [0.3, 0.4) is 0 Å². The molecule has 43 heavy (non-hydrogen) atoms. The minimum atomic E-state index is -0.636. The lowest BCUT2D eigenvalue weighted by molar-refractivity contribution is -0.128. The number of morpholine rings is 1. The van der Waals surface area contributed by atoms with E-state index in [1.54, 1.807) is 16.7 Å². The van der Waals surface area contributed by atoms with E-state index in [2.05, 4.69) is 16.4 Å². The van der Waals surface area contributed by atoms with Crippen LogP contribution >= 0.6 is 11.8 Å². The summed E-state index contributed by atoms with van der Waals surface area (Å²) in [5.74, 6) is -0.182. The molecule has 5 heterocycles. The van der Waals surface area contributed by atoms with E-state index in [9.17, 15) is 14.0 Å². The van der Waals surface area contributed by atoms with Gasteiger partial charge in [-0.2, -0.15) is 4.98 Å². The van der Waals surface area contributed by atoms with Crippen LogP contribution in [-0.4, -0.2) is 88.0 Å². The summed E-state index contributed by atoms with van der Waals surface area (Å²) >= 11 is 1.63. The van der Waals surface area contributed by atoms with Crippen LogP contribution in [0.5, 0.6) is 0 Å². The molecule has 3 aromatic rings. The summed E-state index contributed by atoms with van der Waals surface area (Å²) in [6.45, 7) is 12.8. The van der Waals surface area contributed by atoms with Crippen molar-refractivity contribution in [2.75, 3.05) is 43.4 Å². The molecule has 0 N–H and O–H groups in total. The zero-order valence-electron chi connectivity index (χ0n) is 24.6. The maximum Gasteiger partial charge on any atom is 0.350 e. The largest absolute Gasteiger partial charge is 0.375 e. The molecule has 0 spiro atoms. The molecular weight excluding hydrogens is 572 g/mol. The maximum atomic E-state index is 15.3. The first kappa shape index (κ1) is 28.5. The van der Waals surface area contributed by atoms with E-state index < -0.39 is 11.6 Å². The van der Waals surface area contributed by atoms with Gasteiger partial charge in [0, 0.05) is 77.5 Å². The van der Waals surface area contributed by atoms with Crippen molar-refractivity contribution < 1.29 is 18.3 Å². The predicted octanol–water partition coefficient (Wildman–Crippen LogP) is 4.38. The molecule has 11 heteroatoms. The van der Waals surface area contributed by atoms with Gasteiger partial charge in [-0.3, -0.25) is 14.3 Å². The number of fused-ring (bicyclic) bond motifs is 2. The van der Waals surface area contributed by atoms with Crippen LogP contribution in [0.1, 0.15) is 31.9 Å². The molecule has 1 amide bonds. The quantitative estimate of drug-likeness (QED) is 0.399. The molecule has 0 unspecified atom stereocenters. The second-order valence-electron chi connectivity index (χ2n) is 12.3. The number of aryl methyl sites for hydroxylation is 1. The normalized spacial score (nSPS) is 26.9. The van der Waals surface area contributed by atoms with Crippen molar-refractivity contribution in [2.45, 2.75) is 62.4 Å². The molecule has 7 rings (SSSR count). The maximum absolute atomic E-state index is 15.3. The SMILES string of the molecule is C=CC(=O)N1C[C@H](C)N(c2nc(=O)n3c4c(c(-c5ccc(F)cc5F)c(C)cc24)SC[C@@H]3CN2C[C@@H]3C[C@H]2CO3)C[C@H]1C. The lowest BCUT2D eigenvalue weighted by Gasteiger charge is -2.45. The molecule has 3 saturated heterocycles. The highest BCUT2D eigenvalue weighted by molar-refractivity contribution is 7.99. The zero-order valence-corrected chi connectivity index (χ0v) is 25.4. The number of likely N-dealkylation sites (tertiary alicyclic amines) is 1. The average Bonchev–Trinajstić information content (AvgIpc) is 3.60. The number of piperazine rings is 1. The van der Waals surface area contributed by atoms with Gasteiger partial charge in [-0.05, 0) is 57.0 Å². The lowest BCUT2D eigenvalue weighted by Crippen LogP contribution is -2.58. The van der Waals surface area contributed by atoms with Gasteiger partial charge in [0.15, 0.2) is 0 Å². The van der Waals surface area contributed by atoms with Gasteiger partial charge in [0.2, 0.25) is 5.91 Å². The summed E-state index contributed by atoms with van der Waals surface area (Å²) in [6.07, 6.45) is 2.60. The van der Waals surface area contributed by atoms with Gasteiger partial charge < -0.3 is 14.5 Å². The smallest absolute Gasteiger partial charge is 0.350 e. The minimum absolute atomic E-state index is 0.101. The number of thioether (sulfide) groups is 1. The van der Waals surface area contributed by atoms with Gasteiger partial charge >= 0.3 is 5.69 Å². The molecular formula is C32H35F2N5O3S. The first-order valence-corrected chi connectivity index (χ1v) is 15.9. The first-order chi connectivity index (χ1) is 20.6. The fourth-order valence-electron chi connectivity index (χ4n) is 7.42. The number of aromatic nitrogens is 2. The molecule has 2 bridgehead atoms. The Labute approximate surface area is 253 Å². The molecule has 2 aromatic carbocycles. The topological polar surface area (TPSA) is 70.9 Å². The van der Waals surface area contributed by atoms with E-state index in [0.717, 1.165) is 40.4 Å². The number of amides is 1. The Morgan fingerprint density at radius 2 is 2.00 bits per heavy atom. The summed E-state index contributed by atoms with van der Waals surface area (Å²) in [5.41, 5.74) is 2.21. The first-order valence-electron chi connectivity index (χ1n) is 14.9. The van der Waals surface area contributed by atoms with E-state index in [-0.39, 0.29) is 35.8 Å². The van der Waals surface area contributed by atoms with Crippen molar-refractivity contribution in [3.63, 3.8) is 0 Å². The standard InChI is InChI=1S/C32H35F2N5O3S/c1-5-27(40)37-11-19(4)38(12-18(37)3)31-25-8-17(2)28(24-7-6-20(33)9-26(24)34)30-29(25)39(32(41)35-31)22(16-43-30)13-36-14-23-10-21(36)15-42-23/h5-9,18-19,21-23H,1,10-16H2,2-4H3/t18-,19+,21+,22+,23+/m1/s1. The number of carbonyl (C=O) groups is 1. The van der Waals surface area contributed by atoms with Crippen LogP contribution in [0.15, 0.2) is 46.6 Å². The molecule has 3 fully saturated rings. The van der Waals surface area contributed by atoms with Crippen molar-refractivity contribution in [1.29, 1.82) is 0 Å². The number of halogens is 2. The number of hydrogen-bond acceptors (Lipinski definition) is 7. The molecule has 8 nitrogen and oxygen atoms in total. The van der Waals surface area contributed by atoms with E-state index in [1.807, 2.05) is 31.4 Å². The van der Waals surface area contributed by atoms with Crippen molar-refractivity contribution in [1.82, 2.24) is 19.4 Å². The van der Waals surface area contributed by atoms with E-state index in [4.69, 9.17) is 9.72 Å². The Kier molecular flexibility index (Phi) is 7.10. The summed E-state index contributed by atoms with van der Waals surface area (Å²) in [5, 5.41) is 0.824. The second-order valence-corrected chi connectivity index (χ2v) is 13.3. The number of carbonyl (C=O) groups excluding carboxylic acids is 1. The van der Waals surface area contributed by atoms with Crippen LogP contribution in [-0.2, 0) is 9.53 Å². The summed E-state index contributed by atoms with van der Waals surface area (Å²) in [6, 6.07) is 5.66. The molecule has 0 radical (unpaired) electrons. The number of anilines is 1. The Hall–Kier alpha value is -3.28. The third kappa shape index (κ3) is 4.67. The van der Waals surface area contributed by atoms with Gasteiger partial charge in [0.1, 0.15) is 17.5 Å². The zero-order chi connectivity index (χ0) is 30.2. The second kappa shape index (κ2) is 10.7. The number of ether oxygens (including phenoxy) is 1. The van der Waals surface area contributed by atoms with Gasteiger partial charge in [-0.15, -0.1) is 11.8 Å². The highest BCUT2D eigenvalue weighted by atomic mass is 32.2. The van der Waals surface area contributed by atoms with Crippen LogP contribution < -0.4 is 10.6 Å². The van der Waals surface area contributed by atoms with Gasteiger partial charge in [-0.1, -0.05) is 6.58 Å². The van der Waals surface area contributed by atoms with Crippen molar-refractivity contribution in [3.05, 3.63) is 64.6 Å². The van der Waals surface area contributed by atoms with Crippen LogP contribution in [0.2, 0.25) is 0 Å². The van der Waals surface area contributed by atoms with Crippen LogP contribution in [0.4, 0.5) is 14.6 Å². The third-order valence-corrected chi connectivity index (χ3v) is 10.7. The fraction of sp³-hybridized carbons (Fsp3) is 0.469. The van der Waals surface area contributed by atoms with Crippen LogP contribution in [0, 0.1) is 18.6 Å². The number of nitrogens with zero attached hydrogens (tertiary/aromatic N) is 5. The average molecular weight is 608 g/mol. The predicted molar refractivity (Wildman–Crippen MR) is 164 cm³/mol. The molecule has 0 aliphatic carbocycles. The molecule has 0 saturated carbocycles. The van der Waals surface area contributed by atoms with Crippen LogP contribution in [0.25, 0.3) is 22.0 Å². The Morgan fingerprint density at radius 1 is 1.19 bits per heavy atom. The third-order valence-electron chi connectivity index (χ3n) is 9.50. The highest BCUT2D eigenvalue weighted by Crippen LogP contribution is 2.47. The number of rotatable bonds is 5. The number of hydrogen-bond donors (Lipinski definition) is 0. The molecule has 4 aliphatic rings. The van der Waals surface area contributed by atoms with E-state index in [1.165, 1.54) is 18.2 Å². The van der Waals surface area contributed by atoms with Gasteiger partial charge in [-0.25, -0.2) is 13.6 Å². The fourth-order valence-corrected chi connectivity index (χ4v) is 8.79. The van der Waals surface area contributed by atoms with Crippen molar-refractivity contribution in [2.24, 2.45) is 0 Å². The molecule has 226 valence electrons.